The maximum atomic E-state index is 14.8. The predicted octanol–water partition coefficient (Wildman–Crippen LogP) is 4.14. The van der Waals surface area contributed by atoms with Gasteiger partial charge in [-0.1, -0.05) is 13.8 Å². The van der Waals surface area contributed by atoms with Gasteiger partial charge in [-0.15, -0.1) is 5.10 Å². The second kappa shape index (κ2) is 10.7. The van der Waals surface area contributed by atoms with Crippen LogP contribution in [0.3, 0.4) is 0 Å². The van der Waals surface area contributed by atoms with Crippen molar-refractivity contribution >= 4 is 22.9 Å². The summed E-state index contributed by atoms with van der Waals surface area (Å²) in [5.41, 5.74) is 4.63. The molecule has 0 saturated carbocycles. The molecule has 2 aliphatic rings. The molecule has 3 aromatic heterocycles. The van der Waals surface area contributed by atoms with E-state index in [0.717, 1.165) is 47.0 Å². The minimum absolute atomic E-state index is 0.274. The van der Waals surface area contributed by atoms with E-state index in [4.69, 9.17) is 4.98 Å². The third-order valence-corrected chi connectivity index (χ3v) is 6.92. The Hall–Kier alpha value is -3.05. The van der Waals surface area contributed by atoms with Gasteiger partial charge in [-0.3, -0.25) is 9.98 Å². The van der Waals surface area contributed by atoms with Crippen LogP contribution in [0.2, 0.25) is 0 Å². The number of piperidine rings is 1. The van der Waals surface area contributed by atoms with Crippen molar-refractivity contribution < 1.29 is 13.2 Å². The van der Waals surface area contributed by atoms with E-state index in [1.807, 2.05) is 31.3 Å². The fourth-order valence-corrected chi connectivity index (χ4v) is 5.12. The first kappa shape index (κ1) is 25.6. The SMILES string of the molecule is CC1=Nc2ccc(-c3ccn4nc(N[C@H]5CCN(CC(C)C)C[C@H]5F)ncc34)nc2CC1NCC(F)F. The lowest BCUT2D eigenvalue weighted by Gasteiger charge is -2.35. The molecule has 0 radical (unpaired) electrons. The molecule has 0 aliphatic carbocycles. The molecule has 1 fully saturated rings. The third-order valence-electron chi connectivity index (χ3n) is 6.92. The second-order valence-electron chi connectivity index (χ2n) is 10.3. The average molecular weight is 515 g/mol. The molecule has 3 atom stereocenters. The summed E-state index contributed by atoms with van der Waals surface area (Å²) in [6, 6.07) is 5.10. The Bertz CT molecular complexity index is 1270. The summed E-state index contributed by atoms with van der Waals surface area (Å²) in [6.07, 6.45) is 1.31. The number of pyridine rings is 1. The maximum absolute atomic E-state index is 14.8. The van der Waals surface area contributed by atoms with Gasteiger partial charge in [0.15, 0.2) is 0 Å². The zero-order valence-corrected chi connectivity index (χ0v) is 21.3. The number of likely N-dealkylation sites (tertiary alicyclic amines) is 1. The predicted molar refractivity (Wildman–Crippen MR) is 139 cm³/mol. The molecule has 0 spiro atoms. The Morgan fingerprint density at radius 3 is 2.78 bits per heavy atom. The van der Waals surface area contributed by atoms with Gasteiger partial charge in [0.05, 0.1) is 47.4 Å². The first-order valence-corrected chi connectivity index (χ1v) is 12.8. The average Bonchev–Trinajstić information content (AvgIpc) is 3.27. The summed E-state index contributed by atoms with van der Waals surface area (Å²) in [4.78, 5) is 16.0. The Labute approximate surface area is 214 Å². The number of halogens is 3. The Balaban J connectivity index is 1.31. The molecule has 1 unspecified atom stereocenters. The van der Waals surface area contributed by atoms with Gasteiger partial charge in [0.1, 0.15) is 6.17 Å². The normalized spacial score (nSPS) is 22.5. The number of nitrogens with zero attached hydrogens (tertiary/aromatic N) is 6. The minimum atomic E-state index is -2.42. The van der Waals surface area contributed by atoms with Crippen LogP contribution in [0.1, 0.15) is 32.9 Å². The van der Waals surface area contributed by atoms with Crippen molar-refractivity contribution in [2.24, 2.45) is 10.9 Å². The van der Waals surface area contributed by atoms with Crippen molar-refractivity contribution in [3.05, 3.63) is 36.3 Å². The van der Waals surface area contributed by atoms with Crippen molar-refractivity contribution in [2.75, 3.05) is 31.5 Å². The van der Waals surface area contributed by atoms with E-state index < -0.39 is 12.6 Å². The highest BCUT2D eigenvalue weighted by atomic mass is 19.3. The number of aromatic nitrogens is 4. The standard InChI is InChI=1S/C26H33F3N8/c1-15(2)13-36-8-7-20(18(27)14-36)34-26-31-11-24-17(6-9-37(24)35-26)19-4-5-21-23(33-19)10-22(16(3)32-21)30-12-25(28)29/h4-6,9,11,15,18,20,22,25,30H,7-8,10,12-14H2,1-3H3,(H,34,35)/t18-,20+,22?/m1/s1. The van der Waals surface area contributed by atoms with Crippen LogP contribution >= 0.6 is 0 Å². The topological polar surface area (TPSA) is 82.7 Å². The number of alkyl halides is 3. The van der Waals surface area contributed by atoms with Crippen LogP contribution in [-0.4, -0.2) is 81.1 Å². The van der Waals surface area contributed by atoms with Crippen LogP contribution in [0.25, 0.3) is 16.8 Å². The van der Waals surface area contributed by atoms with E-state index in [2.05, 4.69) is 44.5 Å². The second-order valence-corrected chi connectivity index (χ2v) is 10.3. The Morgan fingerprint density at radius 2 is 2.03 bits per heavy atom. The highest BCUT2D eigenvalue weighted by Crippen LogP contribution is 2.30. The molecule has 5 rings (SSSR count). The quantitative estimate of drug-likeness (QED) is 0.470. The first-order chi connectivity index (χ1) is 17.8. The number of hydrogen-bond acceptors (Lipinski definition) is 7. The molecule has 2 N–H and O–H groups in total. The zero-order chi connectivity index (χ0) is 26.1. The monoisotopic (exact) mass is 514 g/mol. The van der Waals surface area contributed by atoms with Gasteiger partial charge >= 0.3 is 0 Å². The molecular weight excluding hydrogens is 481 g/mol. The summed E-state index contributed by atoms with van der Waals surface area (Å²) in [6.45, 7) is 7.90. The highest BCUT2D eigenvalue weighted by molar-refractivity contribution is 5.92. The number of aliphatic imine (C=N–C) groups is 1. The van der Waals surface area contributed by atoms with Gasteiger partial charge in [-0.05, 0) is 37.5 Å². The highest BCUT2D eigenvalue weighted by Gasteiger charge is 2.30. The summed E-state index contributed by atoms with van der Waals surface area (Å²) in [5.74, 6) is 0.895. The van der Waals surface area contributed by atoms with E-state index in [-0.39, 0.29) is 18.6 Å². The molecule has 198 valence electrons. The first-order valence-electron chi connectivity index (χ1n) is 12.8. The number of anilines is 1. The van der Waals surface area contributed by atoms with Crippen molar-refractivity contribution in [3.8, 4) is 11.3 Å². The number of nitrogens with one attached hydrogen (secondary N) is 2. The maximum Gasteiger partial charge on any atom is 0.250 e. The molecule has 0 bridgehead atoms. The Morgan fingerprint density at radius 1 is 1.19 bits per heavy atom. The molecule has 1 saturated heterocycles. The van der Waals surface area contributed by atoms with Crippen LogP contribution in [0.4, 0.5) is 24.8 Å². The summed E-state index contributed by atoms with van der Waals surface area (Å²) < 4.78 is 41.9. The molecule has 3 aromatic rings. The van der Waals surface area contributed by atoms with E-state index in [0.29, 0.717) is 31.3 Å². The van der Waals surface area contributed by atoms with Gasteiger partial charge < -0.3 is 15.5 Å². The largest absolute Gasteiger partial charge is 0.347 e. The van der Waals surface area contributed by atoms with E-state index in [1.165, 1.54) is 0 Å². The van der Waals surface area contributed by atoms with Crippen LogP contribution in [0.15, 0.2) is 35.6 Å². The lowest BCUT2D eigenvalue weighted by atomic mass is 10.0. The summed E-state index contributed by atoms with van der Waals surface area (Å²) in [5, 5.41) is 10.6. The van der Waals surface area contributed by atoms with Crippen molar-refractivity contribution in [2.45, 2.75) is 58.3 Å². The van der Waals surface area contributed by atoms with Gasteiger partial charge in [0.2, 0.25) is 5.95 Å². The smallest absolute Gasteiger partial charge is 0.250 e. The van der Waals surface area contributed by atoms with E-state index in [9.17, 15) is 13.2 Å². The van der Waals surface area contributed by atoms with Gasteiger partial charge in [-0.25, -0.2) is 22.7 Å². The molecule has 2 aliphatic heterocycles. The summed E-state index contributed by atoms with van der Waals surface area (Å²) >= 11 is 0. The van der Waals surface area contributed by atoms with Gasteiger partial charge in [0, 0.05) is 43.5 Å². The van der Waals surface area contributed by atoms with Gasteiger partial charge in [-0.2, -0.15) is 0 Å². The molecule has 0 amide bonds. The molecule has 37 heavy (non-hydrogen) atoms. The fourth-order valence-electron chi connectivity index (χ4n) is 5.12. The third kappa shape index (κ3) is 5.77. The van der Waals surface area contributed by atoms with E-state index in [1.54, 1.807) is 10.7 Å². The van der Waals surface area contributed by atoms with Crippen LogP contribution < -0.4 is 10.6 Å². The van der Waals surface area contributed by atoms with Gasteiger partial charge in [0.25, 0.3) is 6.43 Å². The van der Waals surface area contributed by atoms with E-state index >= 15 is 0 Å². The summed E-state index contributed by atoms with van der Waals surface area (Å²) in [7, 11) is 0. The number of hydrogen-bond donors (Lipinski definition) is 2. The van der Waals surface area contributed by atoms with Crippen molar-refractivity contribution in [1.82, 2.24) is 29.8 Å². The molecule has 8 nitrogen and oxygen atoms in total. The molecule has 0 aromatic carbocycles. The number of rotatable bonds is 8. The molecule has 5 heterocycles. The zero-order valence-electron chi connectivity index (χ0n) is 21.3. The van der Waals surface area contributed by atoms with Crippen LogP contribution in [-0.2, 0) is 6.42 Å². The minimum Gasteiger partial charge on any atom is -0.347 e. The number of fused-ring (bicyclic) bond motifs is 2. The fraction of sp³-hybridized carbons (Fsp3) is 0.538. The van der Waals surface area contributed by atoms with Crippen LogP contribution in [0.5, 0.6) is 0 Å². The molecular formula is C26H33F3N8. The lowest BCUT2D eigenvalue weighted by molar-refractivity contribution is 0.116. The van der Waals surface area contributed by atoms with Crippen molar-refractivity contribution in [1.29, 1.82) is 0 Å². The van der Waals surface area contributed by atoms with Crippen LogP contribution in [0, 0.1) is 5.92 Å². The lowest BCUT2D eigenvalue weighted by Crippen LogP contribution is -2.48. The Kier molecular flexibility index (Phi) is 7.43. The van der Waals surface area contributed by atoms with Crippen molar-refractivity contribution in [3.63, 3.8) is 0 Å². The molecule has 11 heteroatoms.